The second-order valence-electron chi connectivity index (χ2n) is 6.01. The summed E-state index contributed by atoms with van der Waals surface area (Å²) in [6, 6.07) is 6.44. The van der Waals surface area contributed by atoms with Crippen LogP contribution in [0.15, 0.2) is 24.3 Å². The highest BCUT2D eigenvalue weighted by atomic mass is 16.4. The average molecular weight is 328 g/mol. The lowest BCUT2D eigenvalue weighted by Gasteiger charge is -2.33. The second-order valence-corrected chi connectivity index (χ2v) is 6.01. The Morgan fingerprint density at radius 2 is 1.96 bits per heavy atom. The number of carboxylic acids is 1. The van der Waals surface area contributed by atoms with Gasteiger partial charge in [-0.2, -0.15) is 0 Å². The Hall–Kier alpha value is -2.70. The van der Waals surface area contributed by atoms with Crippen LogP contribution in [-0.2, 0) is 24.3 Å². The molecule has 1 aromatic carbocycles. The summed E-state index contributed by atoms with van der Waals surface area (Å²) >= 11 is 0. The number of nitrogens with zero attached hydrogens (tertiary/aromatic N) is 4. The first-order valence-corrected chi connectivity index (χ1v) is 8.02. The highest BCUT2D eigenvalue weighted by molar-refractivity contribution is 5.96. The Balaban J connectivity index is 1.88. The van der Waals surface area contributed by atoms with Crippen LogP contribution in [0.3, 0.4) is 0 Å². The molecule has 0 saturated carbocycles. The van der Waals surface area contributed by atoms with Crippen LogP contribution in [0.1, 0.15) is 40.9 Å². The van der Waals surface area contributed by atoms with Crippen molar-refractivity contribution in [2.45, 2.75) is 45.8 Å². The molecule has 3 rings (SSSR count). The van der Waals surface area contributed by atoms with Crippen LogP contribution < -0.4 is 0 Å². The molecule has 1 atom stereocenters. The molecule has 1 aliphatic rings. The lowest BCUT2D eigenvalue weighted by Crippen LogP contribution is -2.50. The van der Waals surface area contributed by atoms with Gasteiger partial charge in [-0.15, -0.1) is 10.2 Å². The predicted molar refractivity (Wildman–Crippen MR) is 86.5 cm³/mol. The van der Waals surface area contributed by atoms with E-state index in [0.29, 0.717) is 17.2 Å². The standard InChI is InChI=1S/C17H20N4O3/c1-3-4-12-5-7-13(8-6-12)16(22)21-10-15-19-18-11(2)20(15)9-14(21)17(23)24/h5-8,14H,3-4,9-10H2,1-2H3,(H,23,24). The lowest BCUT2D eigenvalue weighted by molar-refractivity contribution is -0.143. The van der Waals surface area contributed by atoms with E-state index >= 15 is 0 Å². The molecule has 2 heterocycles. The molecule has 1 N–H and O–H groups in total. The Bertz CT molecular complexity index is 767. The molecule has 0 saturated heterocycles. The fraction of sp³-hybridized carbons (Fsp3) is 0.412. The van der Waals surface area contributed by atoms with Gasteiger partial charge in [0.2, 0.25) is 0 Å². The molecule has 2 aromatic rings. The minimum Gasteiger partial charge on any atom is -0.480 e. The Labute approximate surface area is 139 Å². The number of carbonyl (C=O) groups excluding carboxylic acids is 1. The molecular formula is C17H20N4O3. The van der Waals surface area contributed by atoms with Crippen molar-refractivity contribution >= 4 is 11.9 Å². The number of aliphatic carboxylic acids is 1. The van der Waals surface area contributed by atoms with E-state index < -0.39 is 12.0 Å². The summed E-state index contributed by atoms with van der Waals surface area (Å²) < 4.78 is 1.76. The van der Waals surface area contributed by atoms with Gasteiger partial charge < -0.3 is 14.6 Å². The summed E-state index contributed by atoms with van der Waals surface area (Å²) in [5.41, 5.74) is 1.66. The predicted octanol–water partition coefficient (Wildman–Crippen LogP) is 1.65. The SMILES string of the molecule is CCCc1ccc(C(=O)N2Cc3nnc(C)n3CC2C(=O)O)cc1. The lowest BCUT2D eigenvalue weighted by atomic mass is 10.1. The summed E-state index contributed by atoms with van der Waals surface area (Å²) in [4.78, 5) is 25.8. The molecule has 0 radical (unpaired) electrons. The number of hydrogen-bond donors (Lipinski definition) is 1. The van der Waals surface area contributed by atoms with Crippen molar-refractivity contribution in [2.24, 2.45) is 0 Å². The number of aryl methyl sites for hydroxylation is 2. The Morgan fingerprint density at radius 1 is 1.25 bits per heavy atom. The maximum atomic E-state index is 12.8. The van der Waals surface area contributed by atoms with Crippen LogP contribution in [-0.4, -0.2) is 42.7 Å². The third-order valence-corrected chi connectivity index (χ3v) is 4.34. The van der Waals surface area contributed by atoms with Crippen molar-refractivity contribution in [1.29, 1.82) is 0 Å². The van der Waals surface area contributed by atoms with E-state index in [1.807, 2.05) is 12.1 Å². The molecule has 1 aromatic heterocycles. The molecule has 1 amide bonds. The van der Waals surface area contributed by atoms with Gasteiger partial charge in [-0.25, -0.2) is 4.79 Å². The Morgan fingerprint density at radius 3 is 2.58 bits per heavy atom. The van der Waals surface area contributed by atoms with Gasteiger partial charge in [0, 0.05) is 5.56 Å². The summed E-state index contributed by atoms with van der Waals surface area (Å²) in [6.45, 7) is 4.19. The average Bonchev–Trinajstić information content (AvgIpc) is 2.94. The minimum atomic E-state index is -1.02. The van der Waals surface area contributed by atoms with E-state index in [9.17, 15) is 14.7 Å². The largest absolute Gasteiger partial charge is 0.480 e. The van der Waals surface area contributed by atoms with Crippen molar-refractivity contribution in [2.75, 3.05) is 0 Å². The van der Waals surface area contributed by atoms with E-state index in [0.717, 1.165) is 18.4 Å². The zero-order valence-electron chi connectivity index (χ0n) is 13.8. The van der Waals surface area contributed by atoms with Crippen LogP contribution in [0.2, 0.25) is 0 Å². The fourth-order valence-electron chi connectivity index (χ4n) is 3.01. The van der Waals surface area contributed by atoms with Crippen LogP contribution in [0.25, 0.3) is 0 Å². The molecule has 0 fully saturated rings. The highest BCUT2D eigenvalue weighted by Gasteiger charge is 2.36. The first-order chi connectivity index (χ1) is 11.5. The molecule has 126 valence electrons. The third kappa shape index (κ3) is 2.89. The highest BCUT2D eigenvalue weighted by Crippen LogP contribution is 2.21. The van der Waals surface area contributed by atoms with Crippen molar-refractivity contribution in [3.63, 3.8) is 0 Å². The number of amides is 1. The van der Waals surface area contributed by atoms with Crippen LogP contribution in [0, 0.1) is 6.92 Å². The second kappa shape index (κ2) is 6.43. The number of carboxylic acid groups (broad SMARTS) is 1. The number of fused-ring (bicyclic) bond motifs is 1. The van der Waals surface area contributed by atoms with Gasteiger partial charge in [0.05, 0.1) is 13.1 Å². The quantitative estimate of drug-likeness (QED) is 0.922. The maximum absolute atomic E-state index is 12.8. The van der Waals surface area contributed by atoms with Crippen molar-refractivity contribution in [1.82, 2.24) is 19.7 Å². The topological polar surface area (TPSA) is 88.3 Å². The molecule has 24 heavy (non-hydrogen) atoms. The van der Waals surface area contributed by atoms with Gasteiger partial charge in [0.25, 0.3) is 5.91 Å². The molecular weight excluding hydrogens is 308 g/mol. The molecule has 0 aliphatic carbocycles. The van der Waals surface area contributed by atoms with Gasteiger partial charge in [-0.1, -0.05) is 25.5 Å². The summed E-state index contributed by atoms with van der Waals surface area (Å²) in [7, 11) is 0. The Kier molecular flexibility index (Phi) is 4.33. The minimum absolute atomic E-state index is 0.146. The van der Waals surface area contributed by atoms with Crippen LogP contribution in [0.4, 0.5) is 0 Å². The van der Waals surface area contributed by atoms with Crippen molar-refractivity contribution in [3.05, 3.63) is 47.0 Å². The zero-order valence-corrected chi connectivity index (χ0v) is 13.8. The first kappa shape index (κ1) is 16.2. The van der Waals surface area contributed by atoms with Crippen molar-refractivity contribution in [3.8, 4) is 0 Å². The number of aromatic nitrogens is 3. The summed E-state index contributed by atoms with van der Waals surface area (Å²) in [5, 5.41) is 17.5. The number of carbonyl (C=O) groups is 2. The van der Waals surface area contributed by atoms with Gasteiger partial charge in [-0.05, 0) is 31.0 Å². The van der Waals surface area contributed by atoms with Gasteiger partial charge >= 0.3 is 5.97 Å². The van der Waals surface area contributed by atoms with Gasteiger partial charge in [0.15, 0.2) is 5.82 Å². The summed E-state index contributed by atoms with van der Waals surface area (Å²) in [6.07, 6.45) is 1.99. The normalized spacial score (nSPS) is 16.8. The molecule has 7 nitrogen and oxygen atoms in total. The van der Waals surface area contributed by atoms with Crippen molar-refractivity contribution < 1.29 is 14.7 Å². The molecule has 1 aliphatic heterocycles. The molecule has 1 unspecified atom stereocenters. The van der Waals surface area contributed by atoms with Crippen LogP contribution >= 0.6 is 0 Å². The van der Waals surface area contributed by atoms with Crippen LogP contribution in [0.5, 0.6) is 0 Å². The van der Waals surface area contributed by atoms with E-state index in [4.69, 9.17) is 0 Å². The van der Waals surface area contributed by atoms with Gasteiger partial charge in [0.1, 0.15) is 11.9 Å². The third-order valence-electron chi connectivity index (χ3n) is 4.34. The molecule has 7 heteroatoms. The van der Waals surface area contributed by atoms with E-state index in [1.165, 1.54) is 4.90 Å². The van der Waals surface area contributed by atoms with E-state index in [2.05, 4.69) is 17.1 Å². The monoisotopic (exact) mass is 328 g/mol. The smallest absolute Gasteiger partial charge is 0.328 e. The zero-order chi connectivity index (χ0) is 17.3. The fourth-order valence-corrected chi connectivity index (χ4v) is 3.01. The molecule has 0 bridgehead atoms. The maximum Gasteiger partial charge on any atom is 0.328 e. The number of rotatable bonds is 4. The van der Waals surface area contributed by atoms with E-state index in [-0.39, 0.29) is 19.0 Å². The summed E-state index contributed by atoms with van der Waals surface area (Å²) in [5.74, 6) is -0.0460. The first-order valence-electron chi connectivity index (χ1n) is 8.02. The number of hydrogen-bond acceptors (Lipinski definition) is 4. The molecule has 0 spiro atoms. The van der Waals surface area contributed by atoms with E-state index in [1.54, 1.807) is 23.6 Å². The van der Waals surface area contributed by atoms with Gasteiger partial charge in [-0.3, -0.25) is 4.79 Å². The number of benzene rings is 1.